The average Bonchev–Trinajstić information content (AvgIpc) is 2.57. The second-order valence-corrected chi connectivity index (χ2v) is 6.44. The first-order valence-corrected chi connectivity index (χ1v) is 8.28. The predicted octanol–water partition coefficient (Wildman–Crippen LogP) is -0.432. The Morgan fingerprint density at radius 1 is 1.20 bits per heavy atom. The minimum absolute atomic E-state index is 0.00796. The van der Waals surface area contributed by atoms with Crippen molar-refractivity contribution >= 4 is 17.6 Å². The van der Waals surface area contributed by atoms with E-state index in [0.29, 0.717) is 13.0 Å². The van der Waals surface area contributed by atoms with Crippen molar-refractivity contribution in [2.45, 2.75) is 38.1 Å². The number of hydrogen-bond acceptors (Lipinski definition) is 6. The molecule has 138 valence electrons. The Labute approximate surface area is 144 Å². The summed E-state index contributed by atoms with van der Waals surface area (Å²) in [7, 11) is 2.71. The lowest BCUT2D eigenvalue weighted by atomic mass is 9.97. The minimum atomic E-state index is -0.868. The van der Waals surface area contributed by atoms with Crippen LogP contribution in [0.1, 0.15) is 42.5 Å². The van der Waals surface area contributed by atoms with Crippen molar-refractivity contribution in [2.24, 2.45) is 14.1 Å². The maximum absolute atomic E-state index is 12.7. The van der Waals surface area contributed by atoms with Gasteiger partial charge in [-0.3, -0.25) is 28.4 Å². The molecule has 9 heteroatoms. The van der Waals surface area contributed by atoms with Gasteiger partial charge in [-0.05, 0) is 25.8 Å². The molecule has 1 aliphatic rings. The van der Waals surface area contributed by atoms with Gasteiger partial charge < -0.3 is 10.8 Å². The Bertz CT molecular complexity index is 795. The van der Waals surface area contributed by atoms with Gasteiger partial charge in [0.25, 0.3) is 5.56 Å². The molecular weight excluding hydrogens is 328 g/mol. The molecule has 1 aromatic rings. The van der Waals surface area contributed by atoms with Crippen LogP contribution in [0.3, 0.4) is 0 Å². The normalized spacial score (nSPS) is 18.2. The number of carboxylic acids is 1. The third-order valence-corrected chi connectivity index (χ3v) is 4.78. The number of carboxylic acid groups (broad SMARTS) is 1. The number of nitrogens with zero attached hydrogens (tertiary/aromatic N) is 3. The van der Waals surface area contributed by atoms with Crippen LogP contribution < -0.4 is 17.0 Å². The summed E-state index contributed by atoms with van der Waals surface area (Å²) >= 11 is 0. The van der Waals surface area contributed by atoms with Crippen molar-refractivity contribution in [3.05, 3.63) is 26.4 Å². The summed E-state index contributed by atoms with van der Waals surface area (Å²) < 4.78 is 1.94. The first-order valence-electron chi connectivity index (χ1n) is 8.28. The van der Waals surface area contributed by atoms with Crippen LogP contribution >= 0.6 is 0 Å². The zero-order valence-corrected chi connectivity index (χ0v) is 14.5. The highest BCUT2D eigenvalue weighted by molar-refractivity contribution is 6.01. The van der Waals surface area contributed by atoms with Crippen LogP contribution in [0.5, 0.6) is 0 Å². The summed E-state index contributed by atoms with van der Waals surface area (Å²) in [6.45, 7) is 0.657. The summed E-state index contributed by atoms with van der Waals surface area (Å²) in [6, 6.07) is -0.00796. The molecule has 1 aliphatic heterocycles. The van der Waals surface area contributed by atoms with Crippen LogP contribution in [0.4, 0.5) is 5.82 Å². The van der Waals surface area contributed by atoms with Crippen molar-refractivity contribution in [3.8, 4) is 0 Å². The highest BCUT2D eigenvalue weighted by Crippen LogP contribution is 2.21. The van der Waals surface area contributed by atoms with Gasteiger partial charge in [-0.1, -0.05) is 6.42 Å². The van der Waals surface area contributed by atoms with Gasteiger partial charge in [0.05, 0.1) is 6.54 Å². The van der Waals surface area contributed by atoms with Gasteiger partial charge in [0.2, 0.25) is 0 Å². The SMILES string of the molecule is Cn1c(N)c(C(=O)CN2CCCCC2CCC(=O)O)c(=O)n(C)c1=O. The van der Waals surface area contributed by atoms with E-state index in [0.717, 1.165) is 28.4 Å². The largest absolute Gasteiger partial charge is 0.481 e. The monoisotopic (exact) mass is 352 g/mol. The lowest BCUT2D eigenvalue weighted by Gasteiger charge is -2.35. The summed E-state index contributed by atoms with van der Waals surface area (Å²) in [5.41, 5.74) is 4.35. The van der Waals surface area contributed by atoms with E-state index in [1.807, 2.05) is 4.90 Å². The van der Waals surface area contributed by atoms with Gasteiger partial charge in [0.15, 0.2) is 5.78 Å². The van der Waals surface area contributed by atoms with E-state index in [4.69, 9.17) is 10.8 Å². The summed E-state index contributed by atoms with van der Waals surface area (Å²) in [5.74, 6) is -1.46. The molecule has 0 saturated carbocycles. The summed E-state index contributed by atoms with van der Waals surface area (Å²) in [6.07, 6.45) is 3.22. The van der Waals surface area contributed by atoms with E-state index in [2.05, 4.69) is 0 Å². The molecule has 0 radical (unpaired) electrons. The number of piperidine rings is 1. The first kappa shape index (κ1) is 18.9. The number of hydrogen-bond donors (Lipinski definition) is 2. The second kappa shape index (κ2) is 7.64. The number of anilines is 1. The Hall–Kier alpha value is -2.42. The van der Waals surface area contributed by atoms with Gasteiger partial charge >= 0.3 is 11.7 Å². The molecule has 0 bridgehead atoms. The molecule has 1 saturated heterocycles. The number of carbonyl (C=O) groups is 2. The Morgan fingerprint density at radius 3 is 2.52 bits per heavy atom. The van der Waals surface area contributed by atoms with Crippen LogP contribution in [0.25, 0.3) is 0 Å². The third-order valence-electron chi connectivity index (χ3n) is 4.78. The maximum Gasteiger partial charge on any atom is 0.332 e. The molecule has 3 N–H and O–H groups in total. The maximum atomic E-state index is 12.7. The van der Waals surface area contributed by atoms with Gasteiger partial charge in [-0.2, -0.15) is 0 Å². The number of Topliss-reactive ketones (excluding diaryl/α,β-unsaturated/α-hetero) is 1. The number of nitrogens with two attached hydrogens (primary N) is 1. The average molecular weight is 352 g/mol. The Kier molecular flexibility index (Phi) is 5.78. The molecule has 1 unspecified atom stereocenters. The number of carbonyl (C=O) groups excluding carboxylic acids is 1. The zero-order chi connectivity index (χ0) is 18.7. The van der Waals surface area contributed by atoms with Crippen LogP contribution in [-0.2, 0) is 18.9 Å². The fourth-order valence-electron chi connectivity index (χ4n) is 3.27. The molecule has 25 heavy (non-hydrogen) atoms. The van der Waals surface area contributed by atoms with Crippen molar-refractivity contribution in [1.82, 2.24) is 14.0 Å². The lowest BCUT2D eigenvalue weighted by molar-refractivity contribution is -0.137. The van der Waals surface area contributed by atoms with Crippen LogP contribution in [0.2, 0.25) is 0 Å². The smallest absolute Gasteiger partial charge is 0.332 e. The fraction of sp³-hybridized carbons (Fsp3) is 0.625. The number of likely N-dealkylation sites (tertiary alicyclic amines) is 1. The Balaban J connectivity index is 2.25. The van der Waals surface area contributed by atoms with Gasteiger partial charge in [0, 0.05) is 26.6 Å². The molecule has 0 aromatic carbocycles. The van der Waals surface area contributed by atoms with Crippen molar-refractivity contribution in [2.75, 3.05) is 18.8 Å². The number of aliphatic carboxylic acids is 1. The highest BCUT2D eigenvalue weighted by Gasteiger charge is 2.28. The molecule has 0 spiro atoms. The van der Waals surface area contributed by atoms with Crippen LogP contribution in [0.15, 0.2) is 9.59 Å². The highest BCUT2D eigenvalue weighted by atomic mass is 16.4. The van der Waals surface area contributed by atoms with E-state index >= 15 is 0 Å². The van der Waals surface area contributed by atoms with E-state index < -0.39 is 23.0 Å². The van der Waals surface area contributed by atoms with Crippen LogP contribution in [-0.4, -0.2) is 50.0 Å². The molecule has 1 atom stereocenters. The third kappa shape index (κ3) is 3.98. The molecule has 0 aliphatic carbocycles. The molecular formula is C16H24N4O5. The number of ketones is 1. The molecule has 9 nitrogen and oxygen atoms in total. The molecule has 1 aromatic heterocycles. The number of rotatable bonds is 6. The summed E-state index contributed by atoms with van der Waals surface area (Å²) in [5, 5.41) is 8.87. The fourth-order valence-corrected chi connectivity index (χ4v) is 3.27. The minimum Gasteiger partial charge on any atom is -0.481 e. The van der Waals surface area contributed by atoms with Crippen molar-refractivity contribution in [3.63, 3.8) is 0 Å². The second-order valence-electron chi connectivity index (χ2n) is 6.44. The van der Waals surface area contributed by atoms with Gasteiger partial charge in [-0.25, -0.2) is 4.79 Å². The van der Waals surface area contributed by atoms with E-state index in [1.165, 1.54) is 14.1 Å². The van der Waals surface area contributed by atoms with Gasteiger partial charge in [0.1, 0.15) is 11.4 Å². The lowest BCUT2D eigenvalue weighted by Crippen LogP contribution is -2.46. The Morgan fingerprint density at radius 2 is 1.88 bits per heavy atom. The van der Waals surface area contributed by atoms with Crippen molar-refractivity contribution < 1.29 is 14.7 Å². The number of nitrogen functional groups attached to an aromatic ring is 1. The van der Waals surface area contributed by atoms with E-state index in [9.17, 15) is 19.2 Å². The molecule has 2 heterocycles. The molecule has 2 rings (SSSR count). The van der Waals surface area contributed by atoms with E-state index in [-0.39, 0.29) is 30.4 Å². The topological polar surface area (TPSA) is 128 Å². The molecule has 1 fully saturated rings. The quantitative estimate of drug-likeness (QED) is 0.665. The standard InChI is InChI=1S/C16H24N4O5/c1-18-14(17)13(15(24)19(2)16(18)25)11(21)9-20-8-4-3-5-10(20)6-7-12(22)23/h10H,3-9,17H2,1-2H3,(H,22,23). The van der Waals surface area contributed by atoms with Crippen LogP contribution in [0, 0.1) is 0 Å². The summed E-state index contributed by atoms with van der Waals surface area (Å²) in [4.78, 5) is 49.6. The number of aromatic nitrogens is 2. The van der Waals surface area contributed by atoms with E-state index in [1.54, 1.807) is 0 Å². The molecule has 0 amide bonds. The van der Waals surface area contributed by atoms with Gasteiger partial charge in [-0.15, -0.1) is 0 Å². The zero-order valence-electron chi connectivity index (χ0n) is 14.5. The predicted molar refractivity (Wildman–Crippen MR) is 91.7 cm³/mol. The van der Waals surface area contributed by atoms with Crippen molar-refractivity contribution in [1.29, 1.82) is 0 Å². The first-order chi connectivity index (χ1) is 11.7.